The first-order valence-corrected chi connectivity index (χ1v) is 8.23. The van der Waals surface area contributed by atoms with E-state index in [-0.39, 0.29) is 24.6 Å². The van der Waals surface area contributed by atoms with Gasteiger partial charge in [-0.1, -0.05) is 28.9 Å². The molecule has 0 saturated carbocycles. The van der Waals surface area contributed by atoms with E-state index in [1.807, 2.05) is 0 Å². The fraction of sp³-hybridized carbons (Fsp3) is 0.167. The summed E-state index contributed by atoms with van der Waals surface area (Å²) in [7, 11) is 0. The molecule has 0 bridgehead atoms. The Morgan fingerprint density at radius 3 is 2.73 bits per heavy atom. The minimum Gasteiger partial charge on any atom is -0.395 e. The van der Waals surface area contributed by atoms with Gasteiger partial charge in [-0.2, -0.15) is 0 Å². The monoisotopic (exact) mass is 373 g/mol. The molecule has 3 rings (SSSR count). The number of carbonyl (C=O) groups excluding carboxylic acids is 2. The van der Waals surface area contributed by atoms with E-state index in [1.54, 1.807) is 31.2 Å². The number of hydrogen-bond donors (Lipinski definition) is 3. The second-order valence-corrected chi connectivity index (χ2v) is 6.02. The van der Waals surface area contributed by atoms with E-state index in [1.165, 1.54) is 12.3 Å². The number of hydrogen-bond acceptors (Lipinski definition) is 5. The molecule has 2 heterocycles. The van der Waals surface area contributed by atoms with Gasteiger partial charge in [0.25, 0.3) is 5.91 Å². The van der Waals surface area contributed by atoms with Crippen molar-refractivity contribution in [2.24, 2.45) is 0 Å². The van der Waals surface area contributed by atoms with Crippen molar-refractivity contribution >= 4 is 23.3 Å². The number of nitrogens with zero attached hydrogens (tertiary/aromatic N) is 1. The zero-order valence-corrected chi connectivity index (χ0v) is 14.6. The van der Waals surface area contributed by atoms with Crippen LogP contribution in [0.15, 0.2) is 41.1 Å². The molecule has 0 aliphatic heterocycles. The van der Waals surface area contributed by atoms with Gasteiger partial charge in [0.2, 0.25) is 0 Å². The first kappa shape index (κ1) is 17.9. The molecule has 7 nitrogen and oxygen atoms in total. The second kappa shape index (κ2) is 7.55. The van der Waals surface area contributed by atoms with Crippen molar-refractivity contribution in [3.63, 3.8) is 0 Å². The number of rotatable bonds is 6. The van der Waals surface area contributed by atoms with Crippen LogP contribution in [0.25, 0.3) is 11.3 Å². The molecule has 1 amide bonds. The molecule has 0 unspecified atom stereocenters. The molecule has 0 atom stereocenters. The van der Waals surface area contributed by atoms with E-state index in [2.05, 4.69) is 15.5 Å². The Bertz CT molecular complexity index is 944. The first-order chi connectivity index (χ1) is 12.5. The van der Waals surface area contributed by atoms with Crippen molar-refractivity contribution < 1.29 is 19.2 Å². The van der Waals surface area contributed by atoms with Crippen LogP contribution in [0.4, 0.5) is 0 Å². The number of ketones is 1. The van der Waals surface area contributed by atoms with Gasteiger partial charge in [0.15, 0.2) is 5.78 Å². The van der Waals surface area contributed by atoms with E-state index >= 15 is 0 Å². The van der Waals surface area contributed by atoms with Crippen molar-refractivity contribution in [3.8, 4) is 11.3 Å². The van der Waals surface area contributed by atoms with Crippen LogP contribution in [0.5, 0.6) is 0 Å². The summed E-state index contributed by atoms with van der Waals surface area (Å²) < 4.78 is 5.21. The highest BCUT2D eigenvalue weighted by atomic mass is 35.5. The summed E-state index contributed by atoms with van der Waals surface area (Å²) >= 11 is 5.90. The third kappa shape index (κ3) is 3.54. The minimum atomic E-state index is -0.405. The van der Waals surface area contributed by atoms with Gasteiger partial charge in [0.1, 0.15) is 17.1 Å². The summed E-state index contributed by atoms with van der Waals surface area (Å²) in [5, 5.41) is 15.8. The molecule has 134 valence electrons. The van der Waals surface area contributed by atoms with Crippen LogP contribution in [0.3, 0.4) is 0 Å². The topological polar surface area (TPSA) is 108 Å². The third-order valence-electron chi connectivity index (χ3n) is 3.79. The molecular formula is C18H16ClN3O4. The van der Waals surface area contributed by atoms with Gasteiger partial charge in [-0.25, -0.2) is 0 Å². The summed E-state index contributed by atoms with van der Waals surface area (Å²) in [5.74, 6) is -0.336. The van der Waals surface area contributed by atoms with Gasteiger partial charge in [-0.05, 0) is 25.1 Å². The van der Waals surface area contributed by atoms with Crippen LogP contribution in [0, 0.1) is 6.92 Å². The number of benzene rings is 1. The molecule has 26 heavy (non-hydrogen) atoms. The Balaban J connectivity index is 1.91. The number of aryl methyl sites for hydroxylation is 1. The van der Waals surface area contributed by atoms with Crippen LogP contribution < -0.4 is 5.32 Å². The van der Waals surface area contributed by atoms with Crippen LogP contribution in [-0.4, -0.2) is 40.1 Å². The van der Waals surface area contributed by atoms with Gasteiger partial charge in [0.05, 0.1) is 12.2 Å². The zero-order chi connectivity index (χ0) is 18.7. The number of aromatic amines is 1. The van der Waals surface area contributed by atoms with Gasteiger partial charge in [-0.15, -0.1) is 0 Å². The fourth-order valence-corrected chi connectivity index (χ4v) is 2.64. The highest BCUT2D eigenvalue weighted by Crippen LogP contribution is 2.28. The highest BCUT2D eigenvalue weighted by molar-refractivity contribution is 6.30. The average Bonchev–Trinajstić information content (AvgIpc) is 3.27. The number of halogens is 1. The molecule has 0 aliphatic rings. The smallest absolute Gasteiger partial charge is 0.267 e. The zero-order valence-electron chi connectivity index (χ0n) is 13.9. The Morgan fingerprint density at radius 1 is 1.31 bits per heavy atom. The van der Waals surface area contributed by atoms with Crippen LogP contribution in [-0.2, 0) is 0 Å². The van der Waals surface area contributed by atoms with Crippen LogP contribution >= 0.6 is 11.6 Å². The number of H-pyrrole nitrogens is 1. The predicted octanol–water partition coefficient (Wildman–Crippen LogP) is 2.58. The molecule has 8 heteroatoms. The van der Waals surface area contributed by atoms with E-state index in [0.717, 1.165) is 0 Å². The van der Waals surface area contributed by atoms with Gasteiger partial charge in [0, 0.05) is 28.9 Å². The molecule has 0 aliphatic carbocycles. The van der Waals surface area contributed by atoms with Crippen LogP contribution in [0.1, 0.15) is 32.2 Å². The number of amides is 1. The number of carbonyl (C=O) groups is 2. The van der Waals surface area contributed by atoms with E-state index in [0.29, 0.717) is 33.2 Å². The molecule has 3 aromatic rings. The first-order valence-electron chi connectivity index (χ1n) is 7.85. The minimum absolute atomic E-state index is 0.132. The quantitative estimate of drug-likeness (QED) is 0.575. The second-order valence-electron chi connectivity index (χ2n) is 5.58. The number of aromatic nitrogens is 2. The summed E-state index contributed by atoms with van der Waals surface area (Å²) in [6.45, 7) is 1.62. The number of aliphatic hydroxyl groups is 1. The Hall–Kier alpha value is -2.90. The van der Waals surface area contributed by atoms with Gasteiger partial charge >= 0.3 is 0 Å². The van der Waals surface area contributed by atoms with E-state index in [4.69, 9.17) is 21.2 Å². The molecule has 0 saturated heterocycles. The lowest BCUT2D eigenvalue weighted by Crippen LogP contribution is -2.26. The highest BCUT2D eigenvalue weighted by Gasteiger charge is 2.24. The van der Waals surface area contributed by atoms with Crippen molar-refractivity contribution in [3.05, 3.63) is 64.1 Å². The number of nitrogens with one attached hydrogen (secondary N) is 2. The lowest BCUT2D eigenvalue weighted by molar-refractivity contribution is 0.0940. The molecule has 1 aromatic carbocycles. The summed E-state index contributed by atoms with van der Waals surface area (Å²) in [6.07, 6.45) is 1.45. The van der Waals surface area contributed by atoms with Crippen molar-refractivity contribution in [1.29, 1.82) is 0 Å². The fourth-order valence-electron chi connectivity index (χ4n) is 2.51. The standard InChI is InChI=1S/C18H16ClN3O4/c1-10-15(16(22-26-10)11-2-4-13(19)5-3-11)17(24)12-8-14(21-9-12)18(25)20-6-7-23/h2-5,8-9,21,23H,6-7H2,1H3,(H,20,25). The summed E-state index contributed by atoms with van der Waals surface area (Å²) in [5.41, 5.74) is 1.97. The van der Waals surface area contributed by atoms with E-state index in [9.17, 15) is 9.59 Å². The van der Waals surface area contributed by atoms with Crippen molar-refractivity contribution in [1.82, 2.24) is 15.5 Å². The Kier molecular flexibility index (Phi) is 5.20. The largest absolute Gasteiger partial charge is 0.395 e. The maximum Gasteiger partial charge on any atom is 0.267 e. The van der Waals surface area contributed by atoms with Gasteiger partial charge < -0.3 is 19.9 Å². The van der Waals surface area contributed by atoms with Crippen molar-refractivity contribution in [2.75, 3.05) is 13.2 Å². The molecule has 0 radical (unpaired) electrons. The van der Waals surface area contributed by atoms with Crippen molar-refractivity contribution in [2.45, 2.75) is 6.92 Å². The SMILES string of the molecule is Cc1onc(-c2ccc(Cl)cc2)c1C(=O)c1c[nH]c(C(=O)NCCO)c1. The summed E-state index contributed by atoms with van der Waals surface area (Å²) in [4.78, 5) is 27.6. The van der Waals surface area contributed by atoms with E-state index < -0.39 is 5.91 Å². The maximum absolute atomic E-state index is 12.9. The molecule has 0 spiro atoms. The normalized spacial score (nSPS) is 10.7. The molecule has 3 N–H and O–H groups in total. The molecule has 2 aromatic heterocycles. The number of aliphatic hydroxyl groups excluding tert-OH is 1. The lowest BCUT2D eigenvalue weighted by Gasteiger charge is -2.01. The molecular weight excluding hydrogens is 358 g/mol. The predicted molar refractivity (Wildman–Crippen MR) is 95.3 cm³/mol. The van der Waals surface area contributed by atoms with Gasteiger partial charge in [-0.3, -0.25) is 9.59 Å². The molecule has 0 fully saturated rings. The lowest BCUT2D eigenvalue weighted by atomic mass is 9.99. The maximum atomic E-state index is 12.9. The summed E-state index contributed by atoms with van der Waals surface area (Å²) in [6, 6.07) is 8.36. The Morgan fingerprint density at radius 2 is 2.04 bits per heavy atom. The Labute approximate surface area is 154 Å². The van der Waals surface area contributed by atoms with Crippen LogP contribution in [0.2, 0.25) is 5.02 Å². The average molecular weight is 374 g/mol. The third-order valence-corrected chi connectivity index (χ3v) is 4.05.